The minimum Gasteiger partial charge on any atom is -0.337 e. The van der Waals surface area contributed by atoms with E-state index < -0.39 is 0 Å². The molecule has 2 rings (SSSR count). The molecule has 98 valence electrons. The van der Waals surface area contributed by atoms with Crippen LogP contribution < -0.4 is 15.5 Å². The van der Waals surface area contributed by atoms with Gasteiger partial charge in [0.15, 0.2) is 0 Å². The van der Waals surface area contributed by atoms with Crippen LogP contribution in [0.3, 0.4) is 0 Å². The number of aryl methyl sites for hydroxylation is 2. The molecule has 1 heterocycles. The summed E-state index contributed by atoms with van der Waals surface area (Å²) in [6.07, 6.45) is 0. The highest BCUT2D eigenvalue weighted by molar-refractivity contribution is 5.93. The van der Waals surface area contributed by atoms with Crippen LogP contribution >= 0.6 is 0 Å². The first kappa shape index (κ1) is 12.9. The van der Waals surface area contributed by atoms with Crippen LogP contribution in [0, 0.1) is 19.8 Å². The van der Waals surface area contributed by atoms with E-state index in [0.717, 1.165) is 30.9 Å². The Labute approximate surface area is 108 Å². The summed E-state index contributed by atoms with van der Waals surface area (Å²) in [4.78, 5) is 13.9. The summed E-state index contributed by atoms with van der Waals surface area (Å²) in [5.41, 5.74) is 3.34. The maximum Gasteiger partial charge on any atom is 0.321 e. The average molecular weight is 247 g/mol. The van der Waals surface area contributed by atoms with E-state index in [1.54, 1.807) is 0 Å². The molecule has 0 bridgehead atoms. The van der Waals surface area contributed by atoms with Crippen molar-refractivity contribution in [1.82, 2.24) is 10.6 Å². The predicted octanol–water partition coefficient (Wildman–Crippen LogP) is 1.67. The number of carbonyl (C=O) groups is 1. The van der Waals surface area contributed by atoms with Gasteiger partial charge in [-0.3, -0.25) is 4.90 Å². The number of anilines is 1. The van der Waals surface area contributed by atoms with Crippen LogP contribution in [-0.2, 0) is 0 Å². The highest BCUT2D eigenvalue weighted by atomic mass is 16.2. The Morgan fingerprint density at radius 1 is 1.44 bits per heavy atom. The Bertz CT molecular complexity index is 445. The van der Waals surface area contributed by atoms with Crippen molar-refractivity contribution in [1.29, 1.82) is 0 Å². The molecule has 1 atom stereocenters. The number of nitrogens with one attached hydrogen (secondary N) is 2. The fraction of sp³-hybridized carbons (Fsp3) is 0.500. The summed E-state index contributed by atoms with van der Waals surface area (Å²) in [7, 11) is 1.94. The number of hydrogen-bond acceptors (Lipinski definition) is 2. The van der Waals surface area contributed by atoms with Crippen molar-refractivity contribution in [2.24, 2.45) is 5.92 Å². The maximum absolute atomic E-state index is 12.0. The van der Waals surface area contributed by atoms with Crippen molar-refractivity contribution in [2.75, 3.05) is 31.6 Å². The standard InChI is InChI=1S/C14H21N3O/c1-10-4-5-11(2)13(6-10)17-9-12(7-15-3)8-16-14(17)18/h4-6,12,15H,7-9H2,1-3H3,(H,16,18). The van der Waals surface area contributed by atoms with Crippen molar-refractivity contribution in [2.45, 2.75) is 13.8 Å². The van der Waals surface area contributed by atoms with Crippen LogP contribution in [0.15, 0.2) is 18.2 Å². The third-order valence-electron chi connectivity index (χ3n) is 3.38. The zero-order chi connectivity index (χ0) is 13.1. The van der Waals surface area contributed by atoms with Gasteiger partial charge in [0.05, 0.1) is 0 Å². The molecule has 1 saturated heterocycles. The van der Waals surface area contributed by atoms with Crippen molar-refractivity contribution < 1.29 is 4.79 Å². The van der Waals surface area contributed by atoms with E-state index in [4.69, 9.17) is 0 Å². The Balaban J connectivity index is 2.24. The molecule has 0 saturated carbocycles. The number of hydrogen-bond donors (Lipinski definition) is 2. The fourth-order valence-corrected chi connectivity index (χ4v) is 2.38. The van der Waals surface area contributed by atoms with E-state index in [0.29, 0.717) is 5.92 Å². The molecule has 1 fully saturated rings. The van der Waals surface area contributed by atoms with Crippen molar-refractivity contribution in [3.8, 4) is 0 Å². The lowest BCUT2D eigenvalue weighted by Crippen LogP contribution is -2.53. The van der Waals surface area contributed by atoms with Gasteiger partial charge in [-0.25, -0.2) is 4.79 Å². The molecular weight excluding hydrogens is 226 g/mol. The molecule has 0 spiro atoms. The third kappa shape index (κ3) is 2.64. The van der Waals surface area contributed by atoms with E-state index in [2.05, 4.69) is 35.8 Å². The van der Waals surface area contributed by atoms with Gasteiger partial charge in [-0.2, -0.15) is 0 Å². The molecule has 1 aliphatic heterocycles. The monoisotopic (exact) mass is 247 g/mol. The minimum atomic E-state index is 0.0102. The first-order valence-corrected chi connectivity index (χ1v) is 6.39. The van der Waals surface area contributed by atoms with Gasteiger partial charge >= 0.3 is 6.03 Å². The molecule has 4 heteroatoms. The van der Waals surface area contributed by atoms with Crippen molar-refractivity contribution in [3.63, 3.8) is 0 Å². The number of amides is 2. The van der Waals surface area contributed by atoms with Gasteiger partial charge in [0.2, 0.25) is 0 Å². The SMILES string of the molecule is CNCC1CNC(=O)N(c2cc(C)ccc2C)C1. The number of carbonyl (C=O) groups excluding carboxylic acids is 1. The van der Waals surface area contributed by atoms with E-state index in [1.165, 1.54) is 5.56 Å². The number of urea groups is 1. The third-order valence-corrected chi connectivity index (χ3v) is 3.38. The lowest BCUT2D eigenvalue weighted by Gasteiger charge is -2.34. The van der Waals surface area contributed by atoms with Crippen molar-refractivity contribution in [3.05, 3.63) is 29.3 Å². The Morgan fingerprint density at radius 3 is 2.94 bits per heavy atom. The second-order valence-electron chi connectivity index (χ2n) is 5.01. The topological polar surface area (TPSA) is 44.4 Å². The lowest BCUT2D eigenvalue weighted by molar-refractivity contribution is 0.236. The normalized spacial score (nSPS) is 19.8. The number of benzene rings is 1. The van der Waals surface area contributed by atoms with Crippen LogP contribution in [0.1, 0.15) is 11.1 Å². The molecule has 1 aromatic rings. The summed E-state index contributed by atoms with van der Waals surface area (Å²) in [5, 5.41) is 6.13. The molecule has 1 unspecified atom stereocenters. The maximum atomic E-state index is 12.0. The molecule has 0 radical (unpaired) electrons. The van der Waals surface area contributed by atoms with Gasteiger partial charge in [0.25, 0.3) is 0 Å². The van der Waals surface area contributed by atoms with Crippen LogP contribution in [0.5, 0.6) is 0 Å². The van der Waals surface area contributed by atoms with E-state index in [-0.39, 0.29) is 6.03 Å². The fourth-order valence-electron chi connectivity index (χ4n) is 2.38. The second-order valence-corrected chi connectivity index (χ2v) is 5.01. The minimum absolute atomic E-state index is 0.0102. The largest absolute Gasteiger partial charge is 0.337 e. The second kappa shape index (κ2) is 5.40. The smallest absolute Gasteiger partial charge is 0.321 e. The average Bonchev–Trinajstić information content (AvgIpc) is 2.35. The highest BCUT2D eigenvalue weighted by Gasteiger charge is 2.26. The molecule has 18 heavy (non-hydrogen) atoms. The lowest BCUT2D eigenvalue weighted by atomic mass is 10.0. The predicted molar refractivity (Wildman–Crippen MR) is 74.1 cm³/mol. The van der Waals surface area contributed by atoms with E-state index in [1.807, 2.05) is 18.9 Å². The van der Waals surface area contributed by atoms with Gasteiger partial charge in [-0.15, -0.1) is 0 Å². The molecule has 1 aliphatic rings. The summed E-state index contributed by atoms with van der Waals surface area (Å²) in [5.74, 6) is 0.451. The Hall–Kier alpha value is -1.55. The molecule has 0 aliphatic carbocycles. The van der Waals surface area contributed by atoms with Gasteiger partial charge < -0.3 is 10.6 Å². The summed E-state index contributed by atoms with van der Waals surface area (Å²) in [6.45, 7) is 6.54. The Kier molecular flexibility index (Phi) is 3.87. The Morgan fingerprint density at radius 2 is 2.22 bits per heavy atom. The summed E-state index contributed by atoms with van der Waals surface area (Å²) >= 11 is 0. The molecule has 2 amide bonds. The zero-order valence-electron chi connectivity index (χ0n) is 11.3. The summed E-state index contributed by atoms with van der Waals surface area (Å²) < 4.78 is 0. The van der Waals surface area contributed by atoms with Crippen LogP contribution in [0.4, 0.5) is 10.5 Å². The summed E-state index contributed by atoms with van der Waals surface area (Å²) in [6, 6.07) is 6.23. The number of nitrogens with zero attached hydrogens (tertiary/aromatic N) is 1. The van der Waals surface area contributed by atoms with E-state index in [9.17, 15) is 4.79 Å². The number of rotatable bonds is 3. The molecule has 1 aromatic carbocycles. The molecule has 0 aromatic heterocycles. The van der Waals surface area contributed by atoms with Gasteiger partial charge in [-0.1, -0.05) is 12.1 Å². The highest BCUT2D eigenvalue weighted by Crippen LogP contribution is 2.24. The van der Waals surface area contributed by atoms with Crippen LogP contribution in [0.2, 0.25) is 0 Å². The molecule has 2 N–H and O–H groups in total. The van der Waals surface area contributed by atoms with Gasteiger partial charge in [0.1, 0.15) is 0 Å². The quantitative estimate of drug-likeness (QED) is 0.853. The molecular formula is C14H21N3O. The molecule has 4 nitrogen and oxygen atoms in total. The van der Waals surface area contributed by atoms with Crippen LogP contribution in [0.25, 0.3) is 0 Å². The van der Waals surface area contributed by atoms with Gasteiger partial charge in [-0.05, 0) is 38.1 Å². The van der Waals surface area contributed by atoms with Gasteiger partial charge in [0, 0.05) is 31.2 Å². The first-order chi connectivity index (χ1) is 8.61. The van der Waals surface area contributed by atoms with Crippen LogP contribution in [-0.4, -0.2) is 32.7 Å². The van der Waals surface area contributed by atoms with Crippen molar-refractivity contribution >= 4 is 11.7 Å². The van der Waals surface area contributed by atoms with E-state index >= 15 is 0 Å². The first-order valence-electron chi connectivity index (χ1n) is 6.39. The zero-order valence-corrected chi connectivity index (χ0v) is 11.3.